The van der Waals surface area contributed by atoms with Gasteiger partial charge >= 0.3 is 0 Å². The van der Waals surface area contributed by atoms with Crippen LogP contribution in [0.5, 0.6) is 5.75 Å². The highest BCUT2D eigenvalue weighted by molar-refractivity contribution is 6.34. The largest absolute Gasteiger partial charge is 0.492 e. The fraction of sp³-hybridized carbons (Fsp3) is 0.143. The summed E-state index contributed by atoms with van der Waals surface area (Å²) < 4.78 is 7.07. The van der Waals surface area contributed by atoms with Crippen molar-refractivity contribution in [1.82, 2.24) is 4.57 Å². The van der Waals surface area contributed by atoms with Gasteiger partial charge in [-0.1, -0.05) is 22.8 Å². The van der Waals surface area contributed by atoms with Crippen LogP contribution in [0, 0.1) is 0 Å². The average molecular weight is 308 g/mol. The number of pyridine rings is 1. The Morgan fingerprint density at radius 3 is 2.86 bits per heavy atom. The molecule has 0 aliphatic rings. The topological polar surface area (TPSA) is 89.8 Å². The molecule has 0 radical (unpaired) electrons. The van der Waals surface area contributed by atoms with Gasteiger partial charge in [-0.3, -0.25) is 4.79 Å². The van der Waals surface area contributed by atoms with Gasteiger partial charge < -0.3 is 20.2 Å². The van der Waals surface area contributed by atoms with Gasteiger partial charge in [-0.05, 0) is 24.3 Å². The van der Waals surface area contributed by atoms with Crippen molar-refractivity contribution in [3.05, 3.63) is 63.5 Å². The van der Waals surface area contributed by atoms with Crippen molar-refractivity contribution in [2.45, 2.75) is 6.54 Å². The zero-order chi connectivity index (χ0) is 15.2. The van der Waals surface area contributed by atoms with Gasteiger partial charge in [0, 0.05) is 17.8 Å². The first-order chi connectivity index (χ1) is 10.1. The van der Waals surface area contributed by atoms with Crippen LogP contribution in [0.4, 0.5) is 0 Å². The lowest BCUT2D eigenvalue weighted by Gasteiger charge is -2.09. The SMILES string of the molecule is N/C(=N/O)c1ccc(OCCn2ccccc2=O)cc1Cl. The second kappa shape index (κ2) is 6.81. The Kier molecular flexibility index (Phi) is 4.84. The first kappa shape index (κ1) is 14.9. The molecule has 110 valence electrons. The number of hydrogen-bond donors (Lipinski definition) is 2. The summed E-state index contributed by atoms with van der Waals surface area (Å²) in [5.41, 5.74) is 5.81. The van der Waals surface area contributed by atoms with Crippen LogP contribution in [0.1, 0.15) is 5.56 Å². The summed E-state index contributed by atoms with van der Waals surface area (Å²) in [6.07, 6.45) is 1.69. The van der Waals surface area contributed by atoms with Crippen molar-refractivity contribution in [2.24, 2.45) is 10.9 Å². The minimum absolute atomic E-state index is 0.0672. The molecule has 7 heteroatoms. The van der Waals surface area contributed by atoms with E-state index in [0.717, 1.165) is 0 Å². The molecule has 0 atom stereocenters. The van der Waals surface area contributed by atoms with Crippen LogP contribution in [0.15, 0.2) is 52.5 Å². The third kappa shape index (κ3) is 3.76. The van der Waals surface area contributed by atoms with Gasteiger partial charge in [0.2, 0.25) is 0 Å². The Balaban J connectivity index is 2.00. The highest BCUT2D eigenvalue weighted by atomic mass is 35.5. The third-order valence-corrected chi connectivity index (χ3v) is 3.14. The van der Waals surface area contributed by atoms with E-state index in [1.54, 1.807) is 41.1 Å². The number of nitrogens with zero attached hydrogens (tertiary/aromatic N) is 2. The molecule has 1 aromatic carbocycles. The average Bonchev–Trinajstić information content (AvgIpc) is 2.48. The van der Waals surface area contributed by atoms with Crippen LogP contribution in [0.3, 0.4) is 0 Å². The Morgan fingerprint density at radius 2 is 2.19 bits per heavy atom. The lowest BCUT2D eigenvalue weighted by Crippen LogP contribution is -2.21. The highest BCUT2D eigenvalue weighted by Gasteiger charge is 2.07. The van der Waals surface area contributed by atoms with Gasteiger partial charge in [-0.2, -0.15) is 0 Å². The molecule has 0 amide bonds. The van der Waals surface area contributed by atoms with Crippen LogP contribution < -0.4 is 16.0 Å². The molecule has 0 spiro atoms. The van der Waals surface area contributed by atoms with Crippen molar-refractivity contribution < 1.29 is 9.94 Å². The zero-order valence-electron chi connectivity index (χ0n) is 11.1. The van der Waals surface area contributed by atoms with Gasteiger partial charge in [0.15, 0.2) is 5.84 Å². The molecule has 6 nitrogen and oxygen atoms in total. The predicted molar refractivity (Wildman–Crippen MR) is 80.2 cm³/mol. The number of benzene rings is 1. The molecule has 0 aliphatic carbocycles. The Hall–Kier alpha value is -2.47. The number of hydrogen-bond acceptors (Lipinski definition) is 4. The molecule has 0 bridgehead atoms. The monoisotopic (exact) mass is 307 g/mol. The standard InChI is InChI=1S/C14H14ClN3O3/c15-12-9-10(4-5-11(12)14(16)17-20)21-8-7-18-6-2-1-3-13(18)19/h1-6,9,20H,7-8H2,(H2,16,17). The maximum Gasteiger partial charge on any atom is 0.250 e. The van der Waals surface area contributed by atoms with Crippen molar-refractivity contribution >= 4 is 17.4 Å². The molecule has 1 heterocycles. The van der Waals surface area contributed by atoms with Crippen LogP contribution in [-0.2, 0) is 6.54 Å². The van der Waals surface area contributed by atoms with E-state index in [9.17, 15) is 4.79 Å². The number of rotatable bonds is 5. The van der Waals surface area contributed by atoms with E-state index in [4.69, 9.17) is 27.3 Å². The van der Waals surface area contributed by atoms with Crippen LogP contribution in [0.2, 0.25) is 5.02 Å². The van der Waals surface area contributed by atoms with E-state index in [1.165, 1.54) is 6.07 Å². The lowest BCUT2D eigenvalue weighted by atomic mass is 10.2. The third-order valence-electron chi connectivity index (χ3n) is 2.82. The van der Waals surface area contributed by atoms with E-state index >= 15 is 0 Å². The zero-order valence-corrected chi connectivity index (χ0v) is 11.8. The summed E-state index contributed by atoms with van der Waals surface area (Å²) in [7, 11) is 0. The highest BCUT2D eigenvalue weighted by Crippen LogP contribution is 2.22. The maximum atomic E-state index is 11.5. The molecule has 3 N–H and O–H groups in total. The van der Waals surface area contributed by atoms with Gasteiger partial charge in [0.05, 0.1) is 11.6 Å². The summed E-state index contributed by atoms with van der Waals surface area (Å²) in [4.78, 5) is 11.5. The van der Waals surface area contributed by atoms with Crippen LogP contribution in [-0.4, -0.2) is 22.2 Å². The maximum absolute atomic E-state index is 11.5. The normalized spacial score (nSPS) is 11.4. The van der Waals surface area contributed by atoms with Crippen LogP contribution >= 0.6 is 11.6 Å². The van der Waals surface area contributed by atoms with Crippen molar-refractivity contribution in [3.8, 4) is 5.75 Å². The van der Waals surface area contributed by atoms with E-state index in [-0.39, 0.29) is 11.4 Å². The Labute approximate surface area is 126 Å². The van der Waals surface area contributed by atoms with E-state index in [2.05, 4.69) is 5.16 Å². The first-order valence-corrected chi connectivity index (χ1v) is 6.55. The summed E-state index contributed by atoms with van der Waals surface area (Å²) >= 11 is 6.02. The molecule has 0 fully saturated rings. The van der Waals surface area contributed by atoms with Crippen LogP contribution in [0.25, 0.3) is 0 Å². The van der Waals surface area contributed by atoms with Crippen molar-refractivity contribution in [3.63, 3.8) is 0 Å². The minimum Gasteiger partial charge on any atom is -0.492 e. The molecule has 2 rings (SSSR count). The second-order valence-corrected chi connectivity index (χ2v) is 4.61. The van der Waals surface area contributed by atoms with E-state index in [0.29, 0.717) is 29.5 Å². The molecule has 2 aromatic rings. The fourth-order valence-corrected chi connectivity index (χ4v) is 2.02. The first-order valence-electron chi connectivity index (χ1n) is 6.17. The summed E-state index contributed by atoms with van der Waals surface area (Å²) in [6.45, 7) is 0.752. The molecule has 0 saturated carbocycles. The summed E-state index contributed by atoms with van der Waals surface area (Å²) in [5.74, 6) is 0.473. The molecule has 0 saturated heterocycles. The number of halogens is 1. The Bertz CT molecular complexity index is 713. The number of oxime groups is 1. The fourth-order valence-electron chi connectivity index (χ4n) is 1.75. The number of amidine groups is 1. The lowest BCUT2D eigenvalue weighted by molar-refractivity contribution is 0.296. The predicted octanol–water partition coefficient (Wildman–Crippen LogP) is 1.68. The smallest absolute Gasteiger partial charge is 0.250 e. The minimum atomic E-state index is -0.0820. The molecule has 0 aliphatic heterocycles. The van der Waals surface area contributed by atoms with Gasteiger partial charge in [-0.25, -0.2) is 0 Å². The van der Waals surface area contributed by atoms with Crippen molar-refractivity contribution in [1.29, 1.82) is 0 Å². The van der Waals surface area contributed by atoms with E-state index < -0.39 is 0 Å². The summed E-state index contributed by atoms with van der Waals surface area (Å²) in [5, 5.41) is 11.8. The quantitative estimate of drug-likeness (QED) is 0.380. The van der Waals surface area contributed by atoms with Gasteiger partial charge in [-0.15, -0.1) is 0 Å². The summed E-state index contributed by atoms with van der Waals surface area (Å²) in [6, 6.07) is 9.79. The van der Waals surface area contributed by atoms with Crippen molar-refractivity contribution in [2.75, 3.05) is 6.61 Å². The van der Waals surface area contributed by atoms with E-state index in [1.807, 2.05) is 0 Å². The second-order valence-electron chi connectivity index (χ2n) is 4.21. The molecular formula is C14H14ClN3O3. The molecular weight excluding hydrogens is 294 g/mol. The number of aromatic nitrogens is 1. The Morgan fingerprint density at radius 1 is 1.38 bits per heavy atom. The van der Waals surface area contributed by atoms with Gasteiger partial charge in [0.25, 0.3) is 5.56 Å². The number of nitrogens with two attached hydrogens (primary N) is 1. The van der Waals surface area contributed by atoms with Gasteiger partial charge in [0.1, 0.15) is 12.4 Å². The molecule has 21 heavy (non-hydrogen) atoms. The number of ether oxygens (including phenoxy) is 1. The molecule has 1 aromatic heterocycles. The molecule has 0 unspecified atom stereocenters.